The zero-order valence-electron chi connectivity index (χ0n) is 10.1. The van der Waals surface area contributed by atoms with Crippen LogP contribution in [0.5, 0.6) is 5.75 Å². The van der Waals surface area contributed by atoms with Crippen LogP contribution < -0.4 is 4.74 Å². The predicted molar refractivity (Wildman–Crippen MR) is 64.2 cm³/mol. The quantitative estimate of drug-likeness (QED) is 0.790. The van der Waals surface area contributed by atoms with Gasteiger partial charge in [0.15, 0.2) is 0 Å². The van der Waals surface area contributed by atoms with Crippen LogP contribution >= 0.6 is 0 Å². The van der Waals surface area contributed by atoms with Crippen molar-refractivity contribution in [2.45, 2.75) is 12.5 Å². The Balaban J connectivity index is 1.47. The zero-order valence-corrected chi connectivity index (χ0v) is 10.1. The van der Waals surface area contributed by atoms with E-state index < -0.39 is 0 Å². The molecular formula is C13H16N2O3. The maximum Gasteiger partial charge on any atom is 0.228 e. The first-order valence-electron chi connectivity index (χ1n) is 6.26. The fourth-order valence-electron chi connectivity index (χ4n) is 2.29. The van der Waals surface area contributed by atoms with Crippen LogP contribution in [0.4, 0.5) is 0 Å². The summed E-state index contributed by atoms with van der Waals surface area (Å²) in [5.41, 5.74) is 0. The van der Waals surface area contributed by atoms with Crippen LogP contribution in [0.1, 0.15) is 6.42 Å². The van der Waals surface area contributed by atoms with Crippen LogP contribution in [-0.2, 0) is 9.53 Å². The van der Waals surface area contributed by atoms with Crippen molar-refractivity contribution in [2.24, 2.45) is 5.92 Å². The lowest BCUT2D eigenvalue weighted by Crippen LogP contribution is -2.57. The van der Waals surface area contributed by atoms with Gasteiger partial charge in [0.25, 0.3) is 0 Å². The van der Waals surface area contributed by atoms with Gasteiger partial charge in [0.2, 0.25) is 5.91 Å². The molecule has 0 N–H and O–H groups in total. The van der Waals surface area contributed by atoms with Crippen LogP contribution in [0.15, 0.2) is 24.5 Å². The average Bonchev–Trinajstić information content (AvgIpc) is 2.87. The number of aromatic nitrogens is 1. The highest BCUT2D eigenvalue weighted by molar-refractivity contribution is 5.80. The first-order chi connectivity index (χ1) is 8.83. The van der Waals surface area contributed by atoms with Crippen LogP contribution in [0.3, 0.4) is 0 Å². The summed E-state index contributed by atoms with van der Waals surface area (Å²) in [6, 6.07) is 3.72. The fraction of sp³-hybridized carbons (Fsp3) is 0.538. The topological polar surface area (TPSA) is 51.7 Å². The summed E-state index contributed by atoms with van der Waals surface area (Å²) >= 11 is 0. The third-order valence-corrected chi connectivity index (χ3v) is 3.38. The van der Waals surface area contributed by atoms with Crippen molar-refractivity contribution in [3.63, 3.8) is 0 Å². The van der Waals surface area contributed by atoms with Crippen molar-refractivity contribution in [2.75, 3.05) is 26.3 Å². The second-order valence-corrected chi connectivity index (χ2v) is 4.73. The molecular weight excluding hydrogens is 232 g/mol. The van der Waals surface area contributed by atoms with E-state index in [0.717, 1.165) is 12.2 Å². The second kappa shape index (κ2) is 4.94. The molecule has 2 fully saturated rings. The van der Waals surface area contributed by atoms with Crippen molar-refractivity contribution >= 4 is 5.91 Å². The number of hydrogen-bond acceptors (Lipinski definition) is 4. The maximum absolute atomic E-state index is 12.0. The molecule has 0 radical (unpaired) electrons. The molecule has 18 heavy (non-hydrogen) atoms. The van der Waals surface area contributed by atoms with E-state index in [2.05, 4.69) is 4.98 Å². The van der Waals surface area contributed by atoms with Crippen molar-refractivity contribution in [3.05, 3.63) is 24.5 Å². The number of amides is 1. The number of carbonyl (C=O) groups is 1. The SMILES string of the molecule is O=C([C@H]1CCOC1)N1CC(Oc2cccnc2)C1. The van der Waals surface area contributed by atoms with Gasteiger partial charge in [0, 0.05) is 12.8 Å². The molecule has 5 heteroatoms. The number of carbonyl (C=O) groups excluding carboxylic acids is 1. The van der Waals surface area contributed by atoms with Gasteiger partial charge >= 0.3 is 0 Å². The van der Waals surface area contributed by atoms with E-state index in [0.29, 0.717) is 26.3 Å². The highest BCUT2D eigenvalue weighted by Crippen LogP contribution is 2.22. The summed E-state index contributed by atoms with van der Waals surface area (Å²) in [5.74, 6) is 1.03. The molecule has 0 bridgehead atoms. The van der Waals surface area contributed by atoms with Gasteiger partial charge in [-0.2, -0.15) is 0 Å². The van der Waals surface area contributed by atoms with Crippen LogP contribution in [0.25, 0.3) is 0 Å². The van der Waals surface area contributed by atoms with Gasteiger partial charge in [0.1, 0.15) is 11.9 Å². The number of hydrogen-bond donors (Lipinski definition) is 0. The van der Waals surface area contributed by atoms with Gasteiger partial charge < -0.3 is 14.4 Å². The van der Waals surface area contributed by atoms with Crippen molar-refractivity contribution < 1.29 is 14.3 Å². The highest BCUT2D eigenvalue weighted by Gasteiger charge is 2.36. The smallest absolute Gasteiger partial charge is 0.228 e. The van der Waals surface area contributed by atoms with Gasteiger partial charge in [-0.1, -0.05) is 0 Å². The molecule has 3 heterocycles. The molecule has 96 valence electrons. The number of ether oxygens (including phenoxy) is 2. The van der Waals surface area contributed by atoms with Crippen molar-refractivity contribution in [1.82, 2.24) is 9.88 Å². The molecule has 1 aromatic rings. The Labute approximate surface area is 106 Å². The minimum atomic E-state index is 0.0596. The summed E-state index contributed by atoms with van der Waals surface area (Å²) in [6.07, 6.45) is 4.35. The third kappa shape index (κ3) is 2.31. The average molecular weight is 248 g/mol. The minimum Gasteiger partial charge on any atom is -0.485 e. The first kappa shape index (κ1) is 11.5. The molecule has 1 amide bonds. The summed E-state index contributed by atoms with van der Waals surface area (Å²) in [7, 11) is 0. The Kier molecular flexibility index (Phi) is 3.15. The van der Waals surface area contributed by atoms with E-state index in [9.17, 15) is 4.79 Å². The molecule has 0 aromatic carbocycles. The van der Waals surface area contributed by atoms with Gasteiger partial charge in [-0.15, -0.1) is 0 Å². The number of rotatable bonds is 3. The maximum atomic E-state index is 12.0. The number of pyridine rings is 1. The van der Waals surface area contributed by atoms with E-state index in [-0.39, 0.29) is 17.9 Å². The molecule has 0 aliphatic carbocycles. The summed E-state index contributed by atoms with van der Waals surface area (Å²) in [5, 5.41) is 0. The molecule has 2 saturated heterocycles. The molecule has 1 aromatic heterocycles. The van der Waals surface area contributed by atoms with Crippen LogP contribution in [0, 0.1) is 5.92 Å². The molecule has 0 saturated carbocycles. The van der Waals surface area contributed by atoms with Crippen molar-refractivity contribution in [1.29, 1.82) is 0 Å². The molecule has 2 aliphatic heterocycles. The van der Waals surface area contributed by atoms with E-state index in [1.54, 1.807) is 12.4 Å². The van der Waals surface area contributed by atoms with Gasteiger partial charge in [0.05, 0.1) is 31.8 Å². The molecule has 5 nitrogen and oxygen atoms in total. The summed E-state index contributed by atoms with van der Waals surface area (Å²) < 4.78 is 10.9. The van der Waals surface area contributed by atoms with Gasteiger partial charge in [-0.25, -0.2) is 0 Å². The molecule has 3 rings (SSSR count). The fourth-order valence-corrected chi connectivity index (χ4v) is 2.29. The lowest BCUT2D eigenvalue weighted by molar-refractivity contribution is -0.144. The number of nitrogens with zero attached hydrogens (tertiary/aromatic N) is 2. The largest absolute Gasteiger partial charge is 0.485 e. The second-order valence-electron chi connectivity index (χ2n) is 4.73. The Morgan fingerprint density at radius 2 is 2.39 bits per heavy atom. The lowest BCUT2D eigenvalue weighted by Gasteiger charge is -2.40. The Bertz CT molecular complexity index is 412. The summed E-state index contributed by atoms with van der Waals surface area (Å²) in [6.45, 7) is 2.62. The highest BCUT2D eigenvalue weighted by atomic mass is 16.5. The monoisotopic (exact) mass is 248 g/mol. The van der Waals surface area contributed by atoms with Crippen molar-refractivity contribution in [3.8, 4) is 5.75 Å². The Hall–Kier alpha value is -1.62. The van der Waals surface area contributed by atoms with E-state index >= 15 is 0 Å². The predicted octanol–water partition coefficient (Wildman–Crippen LogP) is 0.708. The van der Waals surface area contributed by atoms with E-state index in [4.69, 9.17) is 9.47 Å². The standard InChI is InChI=1S/C13H16N2O3/c16-13(10-3-5-17-9-10)15-7-12(8-15)18-11-2-1-4-14-6-11/h1-2,4,6,10,12H,3,5,7-9H2/t10-/m0/s1. The van der Waals surface area contributed by atoms with Gasteiger partial charge in [-0.05, 0) is 18.6 Å². The van der Waals surface area contributed by atoms with E-state index in [1.165, 1.54) is 0 Å². The Morgan fingerprint density at radius 3 is 3.06 bits per heavy atom. The molecule has 0 unspecified atom stereocenters. The van der Waals surface area contributed by atoms with Gasteiger partial charge in [-0.3, -0.25) is 9.78 Å². The Morgan fingerprint density at radius 1 is 1.50 bits per heavy atom. The molecule has 2 aliphatic rings. The number of likely N-dealkylation sites (tertiary alicyclic amines) is 1. The third-order valence-electron chi connectivity index (χ3n) is 3.38. The summed E-state index contributed by atoms with van der Waals surface area (Å²) in [4.78, 5) is 17.8. The molecule has 1 atom stereocenters. The first-order valence-corrected chi connectivity index (χ1v) is 6.26. The van der Waals surface area contributed by atoms with E-state index in [1.807, 2.05) is 17.0 Å². The molecule has 0 spiro atoms. The van der Waals surface area contributed by atoms with Crippen LogP contribution in [-0.4, -0.2) is 48.2 Å². The minimum absolute atomic E-state index is 0.0596. The van der Waals surface area contributed by atoms with Crippen LogP contribution in [0.2, 0.25) is 0 Å². The normalized spacial score (nSPS) is 23.8. The zero-order chi connectivity index (χ0) is 12.4. The lowest BCUT2D eigenvalue weighted by atomic mass is 10.0.